The number of aromatic hydroxyl groups is 1. The van der Waals surface area contributed by atoms with Gasteiger partial charge in [0.15, 0.2) is 0 Å². The van der Waals surface area contributed by atoms with Crippen molar-refractivity contribution in [2.24, 2.45) is 0 Å². The lowest BCUT2D eigenvalue weighted by Crippen LogP contribution is -1.96. The molecule has 0 aliphatic heterocycles. The Kier molecular flexibility index (Phi) is 4.26. The highest BCUT2D eigenvalue weighted by atomic mass is 16.5. The largest absolute Gasteiger partial charge is 0.507 e. The van der Waals surface area contributed by atoms with Crippen LogP contribution in [-0.2, 0) is 6.61 Å². The summed E-state index contributed by atoms with van der Waals surface area (Å²) in [5.41, 5.74) is 0.521. The maximum absolute atomic E-state index is 9.41. The molecule has 0 aliphatic carbocycles. The minimum Gasteiger partial charge on any atom is -0.507 e. The zero-order valence-corrected chi connectivity index (χ0v) is 8.36. The topological polar surface area (TPSA) is 49.7 Å². The van der Waals surface area contributed by atoms with Crippen LogP contribution in [0.2, 0.25) is 0 Å². The van der Waals surface area contributed by atoms with Crippen LogP contribution in [0.25, 0.3) is 0 Å². The summed E-state index contributed by atoms with van der Waals surface area (Å²) in [6.07, 6.45) is 2.09. The number of unbranched alkanes of at least 4 members (excludes halogenated alkanes) is 1. The fourth-order valence-corrected chi connectivity index (χ4v) is 1.10. The van der Waals surface area contributed by atoms with Crippen molar-refractivity contribution in [1.29, 1.82) is 0 Å². The van der Waals surface area contributed by atoms with Gasteiger partial charge >= 0.3 is 0 Å². The van der Waals surface area contributed by atoms with E-state index in [9.17, 15) is 5.11 Å². The molecular formula is C11H16O3. The molecule has 0 unspecified atom stereocenters. The zero-order chi connectivity index (χ0) is 10.4. The molecule has 0 radical (unpaired) electrons. The van der Waals surface area contributed by atoms with E-state index in [4.69, 9.17) is 9.84 Å². The molecule has 0 atom stereocenters. The van der Waals surface area contributed by atoms with Crippen LogP contribution in [0, 0.1) is 0 Å². The molecule has 0 aliphatic rings. The second-order valence-electron chi connectivity index (χ2n) is 3.15. The second-order valence-corrected chi connectivity index (χ2v) is 3.15. The van der Waals surface area contributed by atoms with Gasteiger partial charge < -0.3 is 14.9 Å². The molecule has 1 aromatic carbocycles. The third kappa shape index (κ3) is 2.92. The molecule has 0 spiro atoms. The van der Waals surface area contributed by atoms with Gasteiger partial charge in [-0.25, -0.2) is 0 Å². The summed E-state index contributed by atoms with van der Waals surface area (Å²) in [5.74, 6) is 0.731. The van der Waals surface area contributed by atoms with Crippen LogP contribution in [-0.4, -0.2) is 16.8 Å². The normalized spacial score (nSPS) is 10.1. The first kappa shape index (κ1) is 10.9. The van der Waals surface area contributed by atoms with Crippen LogP contribution in [0.1, 0.15) is 25.3 Å². The summed E-state index contributed by atoms with van der Waals surface area (Å²) in [5, 5.41) is 18.2. The minimum absolute atomic E-state index is 0.0847. The second kappa shape index (κ2) is 5.50. The Hall–Kier alpha value is -1.22. The van der Waals surface area contributed by atoms with Crippen molar-refractivity contribution in [2.45, 2.75) is 26.4 Å². The molecular weight excluding hydrogens is 180 g/mol. The first-order chi connectivity index (χ1) is 6.77. The molecule has 78 valence electrons. The van der Waals surface area contributed by atoms with Crippen LogP contribution >= 0.6 is 0 Å². The predicted molar refractivity (Wildman–Crippen MR) is 54.4 cm³/mol. The lowest BCUT2D eigenvalue weighted by molar-refractivity contribution is 0.274. The highest BCUT2D eigenvalue weighted by molar-refractivity contribution is 5.39. The van der Waals surface area contributed by atoms with Gasteiger partial charge in [0, 0.05) is 11.6 Å². The Labute approximate surface area is 84.0 Å². The van der Waals surface area contributed by atoms with Crippen LogP contribution in [0.15, 0.2) is 18.2 Å². The third-order valence-electron chi connectivity index (χ3n) is 1.99. The lowest BCUT2D eigenvalue weighted by atomic mass is 10.2. The molecule has 1 aromatic rings. The van der Waals surface area contributed by atoms with Gasteiger partial charge in [-0.2, -0.15) is 0 Å². The smallest absolute Gasteiger partial charge is 0.124 e. The van der Waals surface area contributed by atoms with E-state index in [1.54, 1.807) is 12.1 Å². The van der Waals surface area contributed by atoms with Gasteiger partial charge in [-0.1, -0.05) is 13.3 Å². The minimum atomic E-state index is -0.152. The molecule has 0 saturated carbocycles. The van der Waals surface area contributed by atoms with Gasteiger partial charge in [0.25, 0.3) is 0 Å². The van der Waals surface area contributed by atoms with Crippen LogP contribution in [0.4, 0.5) is 0 Å². The lowest BCUT2D eigenvalue weighted by Gasteiger charge is -2.07. The fourth-order valence-electron chi connectivity index (χ4n) is 1.10. The maximum Gasteiger partial charge on any atom is 0.124 e. The van der Waals surface area contributed by atoms with Gasteiger partial charge in [0.2, 0.25) is 0 Å². The Morgan fingerprint density at radius 3 is 2.71 bits per heavy atom. The van der Waals surface area contributed by atoms with Gasteiger partial charge in [-0.05, 0) is 18.6 Å². The third-order valence-corrected chi connectivity index (χ3v) is 1.99. The monoisotopic (exact) mass is 196 g/mol. The van der Waals surface area contributed by atoms with E-state index in [0.29, 0.717) is 17.9 Å². The molecule has 0 saturated heterocycles. The summed E-state index contributed by atoms with van der Waals surface area (Å²) >= 11 is 0. The molecule has 0 aromatic heterocycles. The van der Waals surface area contributed by atoms with Crippen molar-refractivity contribution >= 4 is 0 Å². The molecule has 3 heteroatoms. The first-order valence-electron chi connectivity index (χ1n) is 4.83. The van der Waals surface area contributed by atoms with Crippen molar-refractivity contribution in [3.05, 3.63) is 23.8 Å². The standard InChI is InChI=1S/C11H16O3/c1-2-3-6-14-10-5-4-9(8-12)11(13)7-10/h4-5,7,12-13H,2-3,6,8H2,1H3. The van der Waals surface area contributed by atoms with Gasteiger partial charge in [0.05, 0.1) is 13.2 Å². The van der Waals surface area contributed by atoms with E-state index >= 15 is 0 Å². The van der Waals surface area contributed by atoms with E-state index in [0.717, 1.165) is 12.8 Å². The van der Waals surface area contributed by atoms with Crippen molar-refractivity contribution in [2.75, 3.05) is 6.61 Å². The van der Waals surface area contributed by atoms with Gasteiger partial charge in [-0.3, -0.25) is 0 Å². The SMILES string of the molecule is CCCCOc1ccc(CO)c(O)c1. The van der Waals surface area contributed by atoms with Gasteiger partial charge in [0.1, 0.15) is 11.5 Å². The summed E-state index contributed by atoms with van der Waals surface area (Å²) < 4.78 is 5.39. The van der Waals surface area contributed by atoms with E-state index in [1.807, 2.05) is 0 Å². The average molecular weight is 196 g/mol. The van der Waals surface area contributed by atoms with E-state index < -0.39 is 0 Å². The number of hydrogen-bond acceptors (Lipinski definition) is 3. The van der Waals surface area contributed by atoms with Crippen LogP contribution < -0.4 is 4.74 Å². The van der Waals surface area contributed by atoms with E-state index in [1.165, 1.54) is 6.07 Å². The summed E-state index contributed by atoms with van der Waals surface area (Å²) in [6, 6.07) is 4.94. The van der Waals surface area contributed by atoms with Crippen LogP contribution in [0.3, 0.4) is 0 Å². The molecule has 0 fully saturated rings. The molecule has 0 amide bonds. The number of rotatable bonds is 5. The highest BCUT2D eigenvalue weighted by Gasteiger charge is 2.01. The van der Waals surface area contributed by atoms with Crippen LogP contribution in [0.5, 0.6) is 11.5 Å². The molecule has 0 bridgehead atoms. The zero-order valence-electron chi connectivity index (χ0n) is 8.36. The Morgan fingerprint density at radius 2 is 2.14 bits per heavy atom. The molecule has 1 rings (SSSR count). The number of benzene rings is 1. The maximum atomic E-state index is 9.41. The highest BCUT2D eigenvalue weighted by Crippen LogP contribution is 2.23. The molecule has 2 N–H and O–H groups in total. The number of phenols is 1. The number of ether oxygens (including phenoxy) is 1. The van der Waals surface area contributed by atoms with Crippen molar-refractivity contribution in [3.63, 3.8) is 0 Å². The number of aliphatic hydroxyl groups is 1. The van der Waals surface area contributed by atoms with Crippen molar-refractivity contribution in [1.82, 2.24) is 0 Å². The van der Waals surface area contributed by atoms with E-state index in [-0.39, 0.29) is 12.4 Å². The summed E-state index contributed by atoms with van der Waals surface area (Å²) in [6.45, 7) is 2.60. The molecule has 0 heterocycles. The van der Waals surface area contributed by atoms with E-state index in [2.05, 4.69) is 6.92 Å². The Balaban J connectivity index is 2.57. The molecule has 14 heavy (non-hydrogen) atoms. The number of aliphatic hydroxyl groups excluding tert-OH is 1. The number of hydrogen-bond donors (Lipinski definition) is 2. The van der Waals surface area contributed by atoms with Crippen molar-refractivity contribution < 1.29 is 14.9 Å². The quantitative estimate of drug-likeness (QED) is 0.709. The average Bonchev–Trinajstić information content (AvgIpc) is 2.18. The summed E-state index contributed by atoms with van der Waals surface area (Å²) in [4.78, 5) is 0. The first-order valence-corrected chi connectivity index (χ1v) is 4.83. The fraction of sp³-hybridized carbons (Fsp3) is 0.455. The van der Waals surface area contributed by atoms with Gasteiger partial charge in [-0.15, -0.1) is 0 Å². The summed E-state index contributed by atoms with van der Waals surface area (Å²) in [7, 11) is 0. The predicted octanol–water partition coefficient (Wildman–Crippen LogP) is 2.06. The Morgan fingerprint density at radius 1 is 1.36 bits per heavy atom. The Bertz CT molecular complexity index is 284. The molecule has 3 nitrogen and oxygen atoms in total. The van der Waals surface area contributed by atoms with Crippen molar-refractivity contribution in [3.8, 4) is 11.5 Å².